The molecule has 0 fully saturated rings. The van der Waals surface area contributed by atoms with Crippen molar-refractivity contribution in [3.63, 3.8) is 0 Å². The van der Waals surface area contributed by atoms with Crippen molar-refractivity contribution in [1.82, 2.24) is 5.32 Å². The lowest BCUT2D eigenvalue weighted by molar-refractivity contribution is -0.126. The third kappa shape index (κ3) is 6.60. The number of hydrogen-bond acceptors (Lipinski definition) is 4. The first kappa shape index (κ1) is 20.0. The van der Waals surface area contributed by atoms with Crippen LogP contribution in [0.1, 0.15) is 57.0 Å². The van der Waals surface area contributed by atoms with Crippen molar-refractivity contribution in [2.75, 3.05) is 13.7 Å². The van der Waals surface area contributed by atoms with E-state index in [2.05, 4.69) is 26.1 Å². The first-order valence-electron chi connectivity index (χ1n) is 8.06. The maximum Gasteiger partial charge on any atom is 0.338 e. The van der Waals surface area contributed by atoms with Crippen LogP contribution in [0.5, 0.6) is 5.75 Å². The minimum atomic E-state index is -0.544. The fraction of sp³-hybridized carbons (Fsp3) is 0.579. The summed E-state index contributed by atoms with van der Waals surface area (Å²) in [7, 11) is 1.54. The summed E-state index contributed by atoms with van der Waals surface area (Å²) in [5, 5.41) is 2.91. The minimum absolute atomic E-state index is 0.0892. The Balaban J connectivity index is 2.59. The average Bonchev–Trinajstić information content (AvgIpc) is 2.42. The first-order valence-corrected chi connectivity index (χ1v) is 8.06. The molecule has 1 N–H and O–H groups in total. The lowest BCUT2D eigenvalue weighted by Crippen LogP contribution is -2.47. The highest BCUT2D eigenvalue weighted by Crippen LogP contribution is 2.26. The molecule has 1 rings (SSSR count). The Hall–Kier alpha value is -2.04. The Morgan fingerprint density at radius 2 is 1.75 bits per heavy atom. The zero-order chi connectivity index (χ0) is 18.5. The molecule has 0 saturated heterocycles. The summed E-state index contributed by atoms with van der Waals surface area (Å²) in [6, 6.07) is 5.04. The number of amides is 1. The molecule has 0 unspecified atom stereocenters. The summed E-state index contributed by atoms with van der Waals surface area (Å²) in [6.45, 7) is 11.9. The molecule has 1 amide bonds. The Morgan fingerprint density at radius 3 is 2.29 bits per heavy atom. The molecule has 134 valence electrons. The van der Waals surface area contributed by atoms with Crippen LogP contribution < -0.4 is 10.1 Å². The Kier molecular flexibility index (Phi) is 6.41. The third-order valence-electron chi connectivity index (χ3n) is 3.43. The van der Waals surface area contributed by atoms with Crippen LogP contribution in [0.4, 0.5) is 0 Å². The number of carbonyl (C=O) groups is 2. The minimum Gasteiger partial charge on any atom is -0.496 e. The highest BCUT2D eigenvalue weighted by Gasteiger charge is 2.27. The summed E-state index contributed by atoms with van der Waals surface area (Å²) in [5.74, 6) is -0.242. The molecule has 0 atom stereocenters. The van der Waals surface area contributed by atoms with Crippen molar-refractivity contribution in [2.24, 2.45) is 5.41 Å². The molecule has 0 heterocycles. The summed E-state index contributed by atoms with van der Waals surface area (Å²) < 4.78 is 10.3. The normalized spacial score (nSPS) is 11.8. The fourth-order valence-corrected chi connectivity index (χ4v) is 2.94. The number of methoxy groups -OCH3 is 1. The highest BCUT2D eigenvalue weighted by atomic mass is 16.5. The van der Waals surface area contributed by atoms with Crippen molar-refractivity contribution < 1.29 is 19.1 Å². The summed E-state index contributed by atoms with van der Waals surface area (Å²) in [4.78, 5) is 24.1. The van der Waals surface area contributed by atoms with Crippen LogP contribution in [0.15, 0.2) is 18.2 Å². The monoisotopic (exact) mass is 335 g/mol. The van der Waals surface area contributed by atoms with Gasteiger partial charge in [0, 0.05) is 5.54 Å². The summed E-state index contributed by atoms with van der Waals surface area (Å²) in [6.07, 6.45) is 0.814. The largest absolute Gasteiger partial charge is 0.496 e. The summed E-state index contributed by atoms with van der Waals surface area (Å²) in [5.41, 5.74) is 1.01. The number of benzene rings is 1. The number of aryl methyl sites for hydroxylation is 1. The number of ether oxygens (including phenoxy) is 2. The van der Waals surface area contributed by atoms with E-state index in [4.69, 9.17) is 9.47 Å². The second-order valence-corrected chi connectivity index (χ2v) is 7.93. The Labute approximate surface area is 144 Å². The molecule has 1 aromatic carbocycles. The van der Waals surface area contributed by atoms with E-state index in [-0.39, 0.29) is 23.5 Å². The molecule has 0 aliphatic rings. The number of nitrogens with one attached hydrogen (secondary N) is 1. The van der Waals surface area contributed by atoms with Crippen molar-refractivity contribution in [3.05, 3.63) is 29.3 Å². The standard InChI is InChI=1S/C19H29NO4/c1-13-8-9-14(10-15(13)23-7)17(22)24-11-16(21)20-19(5,6)12-18(2,3)4/h8-10H,11-12H2,1-7H3,(H,20,21). The SMILES string of the molecule is COc1cc(C(=O)OCC(=O)NC(C)(C)CC(C)(C)C)ccc1C. The molecule has 0 saturated carbocycles. The summed E-state index contributed by atoms with van der Waals surface area (Å²) >= 11 is 0. The zero-order valence-corrected chi connectivity index (χ0v) is 15.8. The molecule has 0 spiro atoms. The second-order valence-electron chi connectivity index (χ2n) is 7.93. The molecular formula is C19H29NO4. The van der Waals surface area contributed by atoms with Gasteiger partial charge in [-0.15, -0.1) is 0 Å². The van der Waals surface area contributed by atoms with Gasteiger partial charge in [-0.1, -0.05) is 26.8 Å². The molecule has 0 aromatic heterocycles. The molecule has 1 aromatic rings. The van der Waals surface area contributed by atoms with E-state index >= 15 is 0 Å². The smallest absolute Gasteiger partial charge is 0.338 e. The van der Waals surface area contributed by atoms with Crippen LogP contribution in [-0.4, -0.2) is 31.1 Å². The van der Waals surface area contributed by atoms with Gasteiger partial charge in [-0.25, -0.2) is 4.79 Å². The van der Waals surface area contributed by atoms with Gasteiger partial charge in [0.05, 0.1) is 12.7 Å². The van der Waals surface area contributed by atoms with E-state index in [1.54, 1.807) is 25.3 Å². The van der Waals surface area contributed by atoms with Gasteiger partial charge in [0.25, 0.3) is 5.91 Å². The van der Waals surface area contributed by atoms with E-state index in [1.165, 1.54) is 0 Å². The Bertz CT molecular complexity index is 600. The van der Waals surface area contributed by atoms with Crippen molar-refractivity contribution >= 4 is 11.9 Å². The number of carbonyl (C=O) groups excluding carboxylic acids is 2. The van der Waals surface area contributed by atoms with Crippen molar-refractivity contribution in [1.29, 1.82) is 0 Å². The maximum absolute atomic E-state index is 12.1. The lowest BCUT2D eigenvalue weighted by atomic mass is 9.82. The molecule has 0 bridgehead atoms. The van der Waals surface area contributed by atoms with Gasteiger partial charge >= 0.3 is 5.97 Å². The van der Waals surface area contributed by atoms with Crippen LogP contribution >= 0.6 is 0 Å². The average molecular weight is 335 g/mol. The van der Waals surface area contributed by atoms with Crippen LogP contribution in [0.2, 0.25) is 0 Å². The van der Waals surface area contributed by atoms with Gasteiger partial charge in [0.2, 0.25) is 0 Å². The van der Waals surface area contributed by atoms with Crippen LogP contribution in [0.3, 0.4) is 0 Å². The van der Waals surface area contributed by atoms with Gasteiger partial charge in [0.15, 0.2) is 6.61 Å². The number of rotatable bonds is 6. The van der Waals surface area contributed by atoms with E-state index < -0.39 is 5.97 Å². The fourth-order valence-electron chi connectivity index (χ4n) is 2.94. The van der Waals surface area contributed by atoms with Crippen molar-refractivity contribution in [3.8, 4) is 5.75 Å². The number of esters is 1. The topological polar surface area (TPSA) is 64.6 Å². The second kappa shape index (κ2) is 7.69. The van der Waals surface area contributed by atoms with Crippen LogP contribution in [0.25, 0.3) is 0 Å². The molecule has 5 heteroatoms. The van der Waals surface area contributed by atoms with E-state index in [1.807, 2.05) is 20.8 Å². The van der Waals surface area contributed by atoms with Gasteiger partial charge < -0.3 is 14.8 Å². The van der Waals surface area contributed by atoms with Gasteiger partial charge in [-0.2, -0.15) is 0 Å². The quantitative estimate of drug-likeness (QED) is 0.808. The molecule has 0 aliphatic carbocycles. The molecule has 0 aliphatic heterocycles. The van der Waals surface area contributed by atoms with Crippen molar-refractivity contribution in [2.45, 2.75) is 53.5 Å². The molecule has 5 nitrogen and oxygen atoms in total. The maximum atomic E-state index is 12.1. The van der Waals surface area contributed by atoms with Crippen LogP contribution in [-0.2, 0) is 9.53 Å². The molecule has 0 radical (unpaired) electrons. The van der Waals surface area contributed by atoms with E-state index in [0.29, 0.717) is 11.3 Å². The zero-order valence-electron chi connectivity index (χ0n) is 15.8. The van der Waals surface area contributed by atoms with E-state index in [0.717, 1.165) is 12.0 Å². The molecular weight excluding hydrogens is 306 g/mol. The lowest BCUT2D eigenvalue weighted by Gasteiger charge is -2.33. The van der Waals surface area contributed by atoms with Gasteiger partial charge in [0.1, 0.15) is 5.75 Å². The predicted molar refractivity (Wildman–Crippen MR) is 94.3 cm³/mol. The van der Waals surface area contributed by atoms with E-state index in [9.17, 15) is 9.59 Å². The van der Waals surface area contributed by atoms with Crippen LogP contribution in [0, 0.1) is 12.3 Å². The van der Waals surface area contributed by atoms with Gasteiger partial charge in [-0.05, 0) is 50.3 Å². The highest BCUT2D eigenvalue weighted by molar-refractivity contribution is 5.91. The Morgan fingerprint density at radius 1 is 1.12 bits per heavy atom. The number of hydrogen-bond donors (Lipinski definition) is 1. The molecule has 24 heavy (non-hydrogen) atoms. The first-order chi connectivity index (χ1) is 10.9. The van der Waals surface area contributed by atoms with Gasteiger partial charge in [-0.3, -0.25) is 4.79 Å². The third-order valence-corrected chi connectivity index (χ3v) is 3.43. The predicted octanol–water partition coefficient (Wildman–Crippen LogP) is 3.49.